The summed E-state index contributed by atoms with van der Waals surface area (Å²) in [4.78, 5) is 34.1. The van der Waals surface area contributed by atoms with Crippen molar-refractivity contribution in [2.24, 2.45) is 0 Å². The van der Waals surface area contributed by atoms with Gasteiger partial charge in [-0.15, -0.1) is 0 Å². The molecule has 206 valence electrons. The quantitative estimate of drug-likeness (QED) is 0.232. The Kier molecular flexibility index (Phi) is 8.11. The molecule has 0 aliphatic heterocycles. The number of hydrogen-bond donors (Lipinski definition) is 4. The van der Waals surface area contributed by atoms with Gasteiger partial charge in [-0.1, -0.05) is 11.6 Å². The van der Waals surface area contributed by atoms with Crippen LogP contribution in [0.15, 0.2) is 43.2 Å². The first-order chi connectivity index (χ1) is 18.4. The van der Waals surface area contributed by atoms with E-state index in [0.29, 0.717) is 38.9 Å². The van der Waals surface area contributed by atoms with Gasteiger partial charge in [0.1, 0.15) is 12.7 Å². The number of aromatic nitrogens is 6. The minimum atomic E-state index is -1.62. The molecular weight excluding hydrogens is 529 g/mol. The summed E-state index contributed by atoms with van der Waals surface area (Å²) >= 11 is 6.00. The van der Waals surface area contributed by atoms with Gasteiger partial charge in [0.25, 0.3) is 5.91 Å². The van der Waals surface area contributed by atoms with Gasteiger partial charge in [0.15, 0.2) is 5.65 Å². The number of amides is 2. The molecule has 0 aliphatic rings. The third-order valence-electron chi connectivity index (χ3n) is 5.64. The SMILES string of the molecule is CC(C)Nc1cc(-c2cnn3cc(Cl)cnc23)ncc1C(=O)Nc1cnn(CC(=O)NC[C@@H](F)C(C)(C)O)c1. The van der Waals surface area contributed by atoms with Crippen LogP contribution in [0.2, 0.25) is 5.02 Å². The first-order valence-corrected chi connectivity index (χ1v) is 12.5. The average molecular weight is 558 g/mol. The maximum atomic E-state index is 13.9. The van der Waals surface area contributed by atoms with E-state index in [2.05, 4.69) is 36.1 Å². The third kappa shape index (κ3) is 6.86. The predicted molar refractivity (Wildman–Crippen MR) is 144 cm³/mol. The lowest BCUT2D eigenvalue weighted by atomic mass is 10.0. The number of nitrogens with one attached hydrogen (secondary N) is 3. The highest BCUT2D eigenvalue weighted by Crippen LogP contribution is 2.27. The first-order valence-electron chi connectivity index (χ1n) is 12.1. The molecule has 0 aromatic carbocycles. The largest absolute Gasteiger partial charge is 0.387 e. The smallest absolute Gasteiger partial charge is 0.259 e. The summed E-state index contributed by atoms with van der Waals surface area (Å²) in [5.41, 5.74) is 1.45. The first kappa shape index (κ1) is 27.9. The number of halogens is 2. The molecule has 0 saturated carbocycles. The Balaban J connectivity index is 1.47. The van der Waals surface area contributed by atoms with Crippen molar-refractivity contribution in [2.75, 3.05) is 17.2 Å². The van der Waals surface area contributed by atoms with Crippen molar-refractivity contribution in [1.82, 2.24) is 34.7 Å². The minimum absolute atomic E-state index is 0.0224. The molecule has 39 heavy (non-hydrogen) atoms. The Morgan fingerprint density at radius 3 is 2.62 bits per heavy atom. The Labute approximate surface area is 228 Å². The fraction of sp³-hybridized carbons (Fsp3) is 0.360. The third-order valence-corrected chi connectivity index (χ3v) is 5.83. The zero-order chi connectivity index (χ0) is 28.3. The van der Waals surface area contributed by atoms with Gasteiger partial charge in [-0.25, -0.2) is 13.9 Å². The van der Waals surface area contributed by atoms with Crippen molar-refractivity contribution in [1.29, 1.82) is 0 Å². The Morgan fingerprint density at radius 2 is 1.90 bits per heavy atom. The van der Waals surface area contributed by atoms with Crippen LogP contribution in [0, 0.1) is 0 Å². The maximum Gasteiger partial charge on any atom is 0.259 e. The highest BCUT2D eigenvalue weighted by Gasteiger charge is 2.26. The van der Waals surface area contributed by atoms with Gasteiger partial charge in [-0.2, -0.15) is 10.2 Å². The zero-order valence-electron chi connectivity index (χ0n) is 21.8. The standard InChI is InChI=1S/C25H29ClFN9O3/c1-14(2)33-20-5-19(17-9-32-36-11-15(26)6-30-23(17)36)28-8-18(20)24(38)34-16-7-31-35(12-16)13-22(37)29-10-21(27)25(3,4)39/h5-9,11-12,14,21,39H,10,13H2,1-4H3,(H,28,33)(H,29,37)(H,34,38)/t21-/m1/s1. The summed E-state index contributed by atoms with van der Waals surface area (Å²) in [7, 11) is 0. The highest BCUT2D eigenvalue weighted by molar-refractivity contribution is 6.30. The maximum absolute atomic E-state index is 13.9. The number of nitrogens with zero attached hydrogens (tertiary/aromatic N) is 6. The van der Waals surface area contributed by atoms with Gasteiger partial charge in [-0.3, -0.25) is 19.3 Å². The fourth-order valence-electron chi connectivity index (χ4n) is 3.62. The van der Waals surface area contributed by atoms with Gasteiger partial charge >= 0.3 is 0 Å². The van der Waals surface area contributed by atoms with E-state index in [0.717, 1.165) is 0 Å². The van der Waals surface area contributed by atoms with Crippen molar-refractivity contribution >= 4 is 40.4 Å². The van der Waals surface area contributed by atoms with Crippen LogP contribution < -0.4 is 16.0 Å². The predicted octanol–water partition coefficient (Wildman–Crippen LogP) is 2.94. The van der Waals surface area contributed by atoms with Crippen LogP contribution in [0.1, 0.15) is 38.1 Å². The van der Waals surface area contributed by atoms with E-state index < -0.39 is 23.6 Å². The molecule has 4 aromatic rings. The van der Waals surface area contributed by atoms with Crippen molar-refractivity contribution in [3.05, 3.63) is 53.8 Å². The molecule has 0 aliphatic carbocycles. The zero-order valence-corrected chi connectivity index (χ0v) is 22.6. The van der Waals surface area contributed by atoms with Crippen molar-refractivity contribution < 1.29 is 19.1 Å². The summed E-state index contributed by atoms with van der Waals surface area (Å²) in [6.45, 7) is 6.02. The number of fused-ring (bicyclic) bond motifs is 1. The van der Waals surface area contributed by atoms with E-state index >= 15 is 0 Å². The van der Waals surface area contributed by atoms with Gasteiger partial charge in [-0.05, 0) is 33.8 Å². The topological polar surface area (TPSA) is 151 Å². The minimum Gasteiger partial charge on any atom is -0.387 e. The summed E-state index contributed by atoms with van der Waals surface area (Å²) in [6.07, 6.45) is 7.51. The Morgan fingerprint density at radius 1 is 1.13 bits per heavy atom. The van der Waals surface area contributed by atoms with E-state index in [9.17, 15) is 19.1 Å². The molecule has 2 amide bonds. The number of carbonyl (C=O) groups is 2. The van der Waals surface area contributed by atoms with Crippen LogP contribution in [0.4, 0.5) is 15.8 Å². The molecule has 12 nitrogen and oxygen atoms in total. The second-order valence-electron chi connectivity index (χ2n) is 9.82. The van der Waals surface area contributed by atoms with Crippen LogP contribution in [0.25, 0.3) is 16.9 Å². The van der Waals surface area contributed by atoms with E-state index in [4.69, 9.17) is 11.6 Å². The molecule has 14 heteroatoms. The number of anilines is 2. The van der Waals surface area contributed by atoms with E-state index in [1.54, 1.807) is 23.0 Å². The van der Waals surface area contributed by atoms with E-state index in [1.165, 1.54) is 43.3 Å². The van der Waals surface area contributed by atoms with Crippen LogP contribution in [-0.2, 0) is 11.3 Å². The lowest BCUT2D eigenvalue weighted by Gasteiger charge is -2.22. The second-order valence-corrected chi connectivity index (χ2v) is 10.3. The second kappa shape index (κ2) is 11.3. The number of aliphatic hydroxyl groups is 1. The number of rotatable bonds is 10. The van der Waals surface area contributed by atoms with Crippen molar-refractivity contribution in [3.63, 3.8) is 0 Å². The summed E-state index contributed by atoms with van der Waals surface area (Å²) < 4.78 is 16.7. The molecule has 0 radical (unpaired) electrons. The molecule has 0 bridgehead atoms. The number of hydrogen-bond acceptors (Lipinski definition) is 8. The van der Waals surface area contributed by atoms with Gasteiger partial charge in [0.2, 0.25) is 5.91 Å². The molecule has 4 N–H and O–H groups in total. The van der Waals surface area contributed by atoms with Gasteiger partial charge < -0.3 is 21.1 Å². The molecule has 1 atom stereocenters. The van der Waals surface area contributed by atoms with Crippen molar-refractivity contribution in [3.8, 4) is 11.3 Å². The van der Waals surface area contributed by atoms with Gasteiger partial charge in [0, 0.05) is 24.6 Å². The summed E-state index contributed by atoms with van der Waals surface area (Å²) in [6, 6.07) is 1.77. The van der Waals surface area contributed by atoms with Crippen LogP contribution >= 0.6 is 11.6 Å². The fourth-order valence-corrected chi connectivity index (χ4v) is 3.76. The van der Waals surface area contributed by atoms with E-state index in [-0.39, 0.29) is 19.1 Å². The Hall–Kier alpha value is -4.10. The summed E-state index contributed by atoms with van der Waals surface area (Å²) in [5.74, 6) is -0.924. The molecule has 4 aromatic heterocycles. The summed E-state index contributed by atoms with van der Waals surface area (Å²) in [5, 5.41) is 26.9. The molecule has 4 rings (SSSR count). The monoisotopic (exact) mass is 557 g/mol. The molecule has 4 heterocycles. The lowest BCUT2D eigenvalue weighted by Crippen LogP contribution is -2.42. The number of alkyl halides is 1. The normalized spacial score (nSPS) is 12.5. The van der Waals surface area contributed by atoms with Crippen molar-refractivity contribution in [2.45, 2.75) is 52.1 Å². The Bertz CT molecular complexity index is 1500. The average Bonchev–Trinajstić information content (AvgIpc) is 3.47. The van der Waals surface area contributed by atoms with Crippen LogP contribution in [0.5, 0.6) is 0 Å². The van der Waals surface area contributed by atoms with E-state index in [1.807, 2.05) is 13.8 Å². The van der Waals surface area contributed by atoms with Crippen LogP contribution in [-0.4, -0.2) is 70.6 Å². The molecular formula is C25H29ClFN9O3. The number of pyridine rings is 1. The molecule has 0 unspecified atom stereocenters. The molecule has 0 spiro atoms. The highest BCUT2D eigenvalue weighted by atomic mass is 35.5. The lowest BCUT2D eigenvalue weighted by molar-refractivity contribution is -0.122. The molecule has 0 fully saturated rings. The van der Waals surface area contributed by atoms with Gasteiger partial charge in [0.05, 0.1) is 64.0 Å². The van der Waals surface area contributed by atoms with Crippen LogP contribution in [0.3, 0.4) is 0 Å². The number of carbonyl (C=O) groups excluding carboxylic acids is 2. The molecule has 0 saturated heterocycles.